The molecular formula is C54H50GeIrN4O2-2. The summed E-state index contributed by atoms with van der Waals surface area (Å²) < 4.78 is 25.7. The molecule has 1 radical (unpaired) electrons. The molecule has 0 amide bonds. The minimum atomic E-state index is -1.87. The quantitative estimate of drug-likeness (QED) is 0.127. The maximum atomic E-state index is 9.47. The number of rotatable bonds is 5. The zero-order chi connectivity index (χ0) is 42.8. The van der Waals surface area contributed by atoms with Crippen molar-refractivity contribution in [3.63, 3.8) is 0 Å². The van der Waals surface area contributed by atoms with Crippen LogP contribution < -0.4 is 4.40 Å². The third-order valence-electron chi connectivity index (χ3n) is 12.0. The van der Waals surface area contributed by atoms with Gasteiger partial charge in [0.05, 0.1) is 23.8 Å². The number of fused-ring (bicyclic) bond motifs is 7. The molecule has 313 valence electrons. The zero-order valence-corrected chi connectivity index (χ0v) is 40.6. The Morgan fingerprint density at radius 3 is 2.11 bits per heavy atom. The van der Waals surface area contributed by atoms with E-state index in [4.69, 9.17) is 23.8 Å². The van der Waals surface area contributed by atoms with Crippen molar-refractivity contribution in [2.24, 2.45) is 0 Å². The minimum Gasteiger partial charge on any atom is -0.501 e. The average Bonchev–Trinajstić information content (AvgIpc) is 3.98. The molecule has 0 bridgehead atoms. The van der Waals surface area contributed by atoms with E-state index in [9.17, 15) is 1.37 Å². The largest absolute Gasteiger partial charge is 0.501 e. The van der Waals surface area contributed by atoms with E-state index >= 15 is 0 Å². The maximum absolute atomic E-state index is 9.47. The first kappa shape index (κ1) is 40.7. The molecular weight excluding hydrogens is 1000 g/mol. The van der Waals surface area contributed by atoms with Gasteiger partial charge in [0.1, 0.15) is 5.58 Å². The fraction of sp³-hybridized carbons (Fsp3) is 0.241. The van der Waals surface area contributed by atoms with Crippen LogP contribution in [0.1, 0.15) is 66.0 Å². The number of nitrogens with zero attached hydrogens (tertiary/aromatic N) is 4. The molecule has 1 aliphatic rings. The monoisotopic (exact) mass is 1050 g/mol. The molecule has 1 aliphatic carbocycles. The van der Waals surface area contributed by atoms with Gasteiger partial charge in [0.2, 0.25) is 0 Å². The SMILES string of the molecule is CC(C)(C)c1ccc2c(n1)oc1c(-c3cc[c]([Ge]([CH3])([CH3])[CH3])cn3)[c-]ccc12.[2H]C1(n2c(-c3[c-]ccc4c3oc3cc(-c5ccccc5)ccc34)nc3ccccc32)CCCCC1.[Ir]. The van der Waals surface area contributed by atoms with Crippen molar-refractivity contribution in [2.45, 2.75) is 81.6 Å². The van der Waals surface area contributed by atoms with Gasteiger partial charge < -0.3 is 8.98 Å². The number of aromatic nitrogens is 4. The molecule has 5 heterocycles. The summed E-state index contributed by atoms with van der Waals surface area (Å²) in [5.74, 6) is 7.90. The van der Waals surface area contributed by atoms with Crippen LogP contribution in [0.4, 0.5) is 0 Å². The average molecular weight is 1050 g/mol. The van der Waals surface area contributed by atoms with Gasteiger partial charge in [0.25, 0.3) is 0 Å². The van der Waals surface area contributed by atoms with Crippen LogP contribution in [0.3, 0.4) is 0 Å². The molecule has 5 aromatic carbocycles. The molecule has 8 heteroatoms. The first-order valence-corrected chi connectivity index (χ1v) is 28.8. The Morgan fingerprint density at radius 1 is 0.694 bits per heavy atom. The Hall–Kier alpha value is -5.34. The smallest absolute Gasteiger partial charge is 0.121 e. The van der Waals surface area contributed by atoms with Gasteiger partial charge in [-0.15, -0.1) is 18.2 Å². The van der Waals surface area contributed by atoms with Crippen molar-refractivity contribution in [1.29, 1.82) is 0 Å². The van der Waals surface area contributed by atoms with Gasteiger partial charge in [-0.05, 0) is 42.2 Å². The van der Waals surface area contributed by atoms with Crippen LogP contribution in [-0.2, 0) is 25.5 Å². The second kappa shape index (κ2) is 16.7. The summed E-state index contributed by atoms with van der Waals surface area (Å²) in [5.41, 5.74) is 11.0. The third kappa shape index (κ3) is 7.84. The van der Waals surface area contributed by atoms with Crippen LogP contribution >= 0.6 is 0 Å². The van der Waals surface area contributed by atoms with E-state index in [1.165, 1.54) is 10.8 Å². The van der Waals surface area contributed by atoms with Crippen LogP contribution in [-0.4, -0.2) is 32.8 Å². The molecule has 1 saturated carbocycles. The summed E-state index contributed by atoms with van der Waals surface area (Å²) >= 11 is -1.87. The predicted molar refractivity (Wildman–Crippen MR) is 254 cm³/mol. The summed E-state index contributed by atoms with van der Waals surface area (Å²) in [7, 11) is 0. The molecule has 6 nitrogen and oxygen atoms in total. The second-order valence-corrected chi connectivity index (χ2v) is 29.0. The molecule has 0 aliphatic heterocycles. The van der Waals surface area contributed by atoms with Gasteiger partial charge in [-0.2, -0.15) is 0 Å². The van der Waals surface area contributed by atoms with Crippen LogP contribution in [0.5, 0.6) is 0 Å². The number of imidazole rings is 1. The van der Waals surface area contributed by atoms with Crippen LogP contribution in [0, 0.1) is 12.1 Å². The maximum Gasteiger partial charge on any atom is 0.121 e. The number of para-hydroxylation sites is 2. The molecule has 10 aromatic rings. The molecule has 0 unspecified atom stereocenters. The fourth-order valence-corrected chi connectivity index (χ4v) is 10.8. The molecule has 0 atom stereocenters. The number of hydrogen-bond donors (Lipinski definition) is 0. The van der Waals surface area contributed by atoms with Crippen LogP contribution in [0.25, 0.3) is 88.8 Å². The van der Waals surface area contributed by atoms with Crippen LogP contribution in [0.15, 0.2) is 136 Å². The first-order chi connectivity index (χ1) is 29.9. The van der Waals surface area contributed by atoms with Crippen LogP contribution in [0.2, 0.25) is 17.3 Å². The van der Waals surface area contributed by atoms with Gasteiger partial charge in [-0.1, -0.05) is 84.8 Å². The van der Waals surface area contributed by atoms with Gasteiger partial charge >= 0.3 is 163 Å². The minimum absolute atomic E-state index is 0. The Morgan fingerprint density at radius 2 is 1.39 bits per heavy atom. The summed E-state index contributed by atoms with van der Waals surface area (Å²) in [5, 5.41) is 4.23. The summed E-state index contributed by atoms with van der Waals surface area (Å²) in [6.07, 6.45) is 7.01. The number of pyridine rings is 2. The third-order valence-corrected chi connectivity index (χ3v) is 16.3. The van der Waals surface area contributed by atoms with E-state index in [2.05, 4.69) is 134 Å². The van der Waals surface area contributed by atoms with E-state index in [0.717, 1.165) is 114 Å². The van der Waals surface area contributed by atoms with E-state index in [1.807, 2.05) is 48.7 Å². The topological polar surface area (TPSA) is 69.9 Å². The Labute approximate surface area is 380 Å². The van der Waals surface area contributed by atoms with Gasteiger partial charge in [-0.25, -0.2) is 0 Å². The normalized spacial score (nSPS) is 14.5. The Balaban J connectivity index is 0.000000163. The molecule has 0 N–H and O–H groups in total. The molecule has 1 fully saturated rings. The van der Waals surface area contributed by atoms with E-state index in [1.54, 1.807) is 0 Å². The van der Waals surface area contributed by atoms with E-state index in [0.29, 0.717) is 5.71 Å². The molecule has 62 heavy (non-hydrogen) atoms. The van der Waals surface area contributed by atoms with Crippen molar-refractivity contribution in [3.8, 4) is 33.8 Å². The number of benzene rings is 5. The van der Waals surface area contributed by atoms with E-state index < -0.39 is 19.3 Å². The zero-order valence-electron chi connectivity index (χ0n) is 37.1. The van der Waals surface area contributed by atoms with Gasteiger partial charge in [0.15, 0.2) is 0 Å². The van der Waals surface area contributed by atoms with Crippen molar-refractivity contribution in [1.82, 2.24) is 19.5 Å². The molecule has 0 saturated heterocycles. The summed E-state index contributed by atoms with van der Waals surface area (Å²) in [6, 6.07) is 47.5. The Bertz CT molecular complexity index is 3260. The summed E-state index contributed by atoms with van der Waals surface area (Å²) in [4.78, 5) is 14.5. The Kier molecular flexibility index (Phi) is 11.0. The van der Waals surface area contributed by atoms with Crippen molar-refractivity contribution < 1.29 is 30.3 Å². The summed E-state index contributed by atoms with van der Waals surface area (Å²) in [6.45, 7) is 6.48. The molecule has 5 aromatic heterocycles. The first-order valence-electron chi connectivity index (χ1n) is 22.0. The molecule has 0 spiro atoms. The standard InChI is InChI=1S/C31H25N2O.C23H25GeN2O.Ir/c1-3-10-21(11-4-1)22-18-19-24-25-14-9-15-26(30(25)34-29(24)20-22)31-32-27-16-7-8-17-28(27)33(31)23-12-5-2-6-13-23;1-23(2,3)20-13-11-17-16-8-7-9-18(21(16)27-22(17)26-20)19-12-10-15(14-25-19)24(4,5)6;/h1,3-4,7-11,14,16-20,23H,2,5-6,12-13H2;7-8,10-14H,1-6H3;/q2*-1;/i23D;;. The van der Waals surface area contributed by atoms with Crippen molar-refractivity contribution >= 4 is 72.7 Å². The fourth-order valence-electron chi connectivity index (χ4n) is 8.63. The number of hydrogen-bond acceptors (Lipinski definition) is 5. The van der Waals surface area contributed by atoms with Gasteiger partial charge in [0, 0.05) is 31.5 Å². The van der Waals surface area contributed by atoms with Crippen molar-refractivity contribution in [2.75, 3.05) is 0 Å². The van der Waals surface area contributed by atoms with Gasteiger partial charge in [-0.3, -0.25) is 4.98 Å². The predicted octanol–water partition coefficient (Wildman–Crippen LogP) is 14.3. The second-order valence-electron chi connectivity index (χ2n) is 18.3. The molecule has 11 rings (SSSR count). The number of furan rings is 2. The van der Waals surface area contributed by atoms with E-state index in [-0.39, 0.29) is 25.5 Å². The van der Waals surface area contributed by atoms with Crippen molar-refractivity contribution in [3.05, 3.63) is 145 Å².